The van der Waals surface area contributed by atoms with E-state index in [1.165, 1.54) is 0 Å². The van der Waals surface area contributed by atoms with E-state index in [9.17, 15) is 0 Å². The van der Waals surface area contributed by atoms with Crippen LogP contribution in [0.3, 0.4) is 0 Å². The number of rotatable bonds is 17. The summed E-state index contributed by atoms with van der Waals surface area (Å²) < 4.78 is 27.1. The maximum absolute atomic E-state index is 5.49. The van der Waals surface area contributed by atoms with Crippen LogP contribution in [0, 0.1) is 5.41 Å². The van der Waals surface area contributed by atoms with Gasteiger partial charge in [-0.15, -0.1) is 0 Å². The Labute approximate surface area is 148 Å². The van der Waals surface area contributed by atoms with Crippen molar-refractivity contribution in [2.75, 3.05) is 72.6 Å². The summed E-state index contributed by atoms with van der Waals surface area (Å²) in [6.07, 6.45) is 0.255. The molecule has 0 spiro atoms. The Balaban J connectivity index is 3.03. The van der Waals surface area contributed by atoms with E-state index in [1.54, 1.807) is 0 Å². The maximum atomic E-state index is 5.49. The fourth-order valence-electron chi connectivity index (χ4n) is 1.71. The zero-order chi connectivity index (χ0) is 18.1. The van der Waals surface area contributed by atoms with Crippen molar-refractivity contribution in [2.45, 2.75) is 40.7 Å². The van der Waals surface area contributed by atoms with Crippen LogP contribution in [0.25, 0.3) is 0 Å². The highest BCUT2D eigenvalue weighted by atomic mass is 16.6. The molecule has 0 aromatic carbocycles. The highest BCUT2D eigenvalue weighted by Crippen LogP contribution is 2.09. The van der Waals surface area contributed by atoms with Gasteiger partial charge in [-0.1, -0.05) is 20.8 Å². The van der Waals surface area contributed by atoms with E-state index < -0.39 is 0 Å². The van der Waals surface area contributed by atoms with Crippen molar-refractivity contribution in [3.8, 4) is 0 Å². The van der Waals surface area contributed by atoms with Gasteiger partial charge in [-0.3, -0.25) is 0 Å². The molecule has 0 heterocycles. The molecule has 1 N–H and O–H groups in total. The molecule has 0 aliphatic carbocycles. The number of ether oxygens (including phenoxy) is 5. The molecular formula is C18H39NO5. The molecule has 0 bridgehead atoms. The minimum absolute atomic E-state index is 0.255. The van der Waals surface area contributed by atoms with Gasteiger partial charge in [0.05, 0.1) is 65.6 Å². The third-order valence-electron chi connectivity index (χ3n) is 2.87. The summed E-state index contributed by atoms with van der Waals surface area (Å²) in [6, 6.07) is 0. The highest BCUT2D eigenvalue weighted by molar-refractivity contribution is 4.64. The predicted octanol–water partition coefficient (Wildman–Crippen LogP) is 2.11. The largest absolute Gasteiger partial charge is 0.378 e. The third kappa shape index (κ3) is 21.8. The summed E-state index contributed by atoms with van der Waals surface area (Å²) in [4.78, 5) is 0. The first-order valence-corrected chi connectivity index (χ1v) is 9.05. The lowest BCUT2D eigenvalue weighted by Crippen LogP contribution is -2.29. The van der Waals surface area contributed by atoms with Crippen LogP contribution in [-0.2, 0) is 23.7 Å². The molecule has 0 atom stereocenters. The number of hydrogen-bond donors (Lipinski definition) is 1. The lowest BCUT2D eigenvalue weighted by Gasteiger charge is -2.18. The zero-order valence-electron chi connectivity index (χ0n) is 16.4. The van der Waals surface area contributed by atoms with Crippen LogP contribution in [0.15, 0.2) is 0 Å². The van der Waals surface area contributed by atoms with Gasteiger partial charge in [0.1, 0.15) is 0 Å². The molecule has 0 amide bonds. The average Bonchev–Trinajstić information content (AvgIpc) is 2.49. The molecule has 0 aliphatic heterocycles. The number of nitrogens with one attached hydrogen (secondary N) is 1. The van der Waals surface area contributed by atoms with Gasteiger partial charge >= 0.3 is 0 Å². The monoisotopic (exact) mass is 349 g/mol. The molecule has 0 radical (unpaired) electrons. The minimum Gasteiger partial charge on any atom is -0.378 e. The summed E-state index contributed by atoms with van der Waals surface area (Å²) in [5, 5.41) is 3.37. The van der Waals surface area contributed by atoms with Crippen molar-refractivity contribution in [1.29, 1.82) is 0 Å². The van der Waals surface area contributed by atoms with Gasteiger partial charge in [0.15, 0.2) is 0 Å². The first kappa shape index (κ1) is 23.8. The predicted molar refractivity (Wildman–Crippen MR) is 96.7 cm³/mol. The SMILES string of the molecule is CC(C)OCCOCCOCCOCCOCCNCC(C)(C)C. The van der Waals surface area contributed by atoms with Gasteiger partial charge in [0.2, 0.25) is 0 Å². The van der Waals surface area contributed by atoms with Crippen LogP contribution >= 0.6 is 0 Å². The molecule has 146 valence electrons. The van der Waals surface area contributed by atoms with Gasteiger partial charge in [0, 0.05) is 13.1 Å². The van der Waals surface area contributed by atoms with Gasteiger partial charge in [-0.05, 0) is 19.3 Å². The second-order valence-electron chi connectivity index (χ2n) is 7.11. The lowest BCUT2D eigenvalue weighted by molar-refractivity contribution is -0.0174. The van der Waals surface area contributed by atoms with E-state index >= 15 is 0 Å². The van der Waals surface area contributed by atoms with Crippen LogP contribution in [0.4, 0.5) is 0 Å². The zero-order valence-corrected chi connectivity index (χ0v) is 16.4. The van der Waals surface area contributed by atoms with Gasteiger partial charge in [0.25, 0.3) is 0 Å². The van der Waals surface area contributed by atoms with Crippen LogP contribution in [0.5, 0.6) is 0 Å². The molecule has 0 aliphatic rings. The topological polar surface area (TPSA) is 58.2 Å². The molecule has 0 unspecified atom stereocenters. The smallest absolute Gasteiger partial charge is 0.0703 e. The van der Waals surface area contributed by atoms with Crippen molar-refractivity contribution in [3.63, 3.8) is 0 Å². The highest BCUT2D eigenvalue weighted by Gasteiger charge is 2.08. The van der Waals surface area contributed by atoms with Gasteiger partial charge < -0.3 is 29.0 Å². The fourth-order valence-corrected chi connectivity index (χ4v) is 1.71. The average molecular weight is 350 g/mol. The van der Waals surface area contributed by atoms with Gasteiger partial charge in [-0.2, -0.15) is 0 Å². The second-order valence-corrected chi connectivity index (χ2v) is 7.11. The summed E-state index contributed by atoms with van der Waals surface area (Å²) in [7, 11) is 0. The fraction of sp³-hybridized carbons (Fsp3) is 1.00. The molecule has 24 heavy (non-hydrogen) atoms. The molecule has 0 fully saturated rings. The molecule has 0 aromatic rings. The van der Waals surface area contributed by atoms with Gasteiger partial charge in [-0.25, -0.2) is 0 Å². The van der Waals surface area contributed by atoms with E-state index in [0.717, 1.165) is 13.1 Å². The molecule has 0 saturated carbocycles. The Morgan fingerprint density at radius 3 is 1.50 bits per heavy atom. The molecule has 6 nitrogen and oxygen atoms in total. The molecule has 0 rings (SSSR count). The van der Waals surface area contributed by atoms with E-state index in [4.69, 9.17) is 23.7 Å². The first-order chi connectivity index (χ1) is 11.4. The summed E-state index contributed by atoms with van der Waals surface area (Å²) in [6.45, 7) is 18.1. The molecule has 0 aromatic heterocycles. The molecule has 0 saturated heterocycles. The van der Waals surface area contributed by atoms with Crippen LogP contribution in [0.2, 0.25) is 0 Å². The first-order valence-electron chi connectivity index (χ1n) is 9.05. The van der Waals surface area contributed by atoms with Crippen molar-refractivity contribution >= 4 is 0 Å². The van der Waals surface area contributed by atoms with Crippen LogP contribution in [0.1, 0.15) is 34.6 Å². The van der Waals surface area contributed by atoms with Crippen molar-refractivity contribution < 1.29 is 23.7 Å². The van der Waals surface area contributed by atoms with Crippen molar-refractivity contribution in [2.24, 2.45) is 5.41 Å². The Morgan fingerprint density at radius 2 is 1.08 bits per heavy atom. The molecular weight excluding hydrogens is 310 g/mol. The van der Waals surface area contributed by atoms with E-state index in [2.05, 4.69) is 26.1 Å². The van der Waals surface area contributed by atoms with Crippen molar-refractivity contribution in [3.05, 3.63) is 0 Å². The Hall–Kier alpha value is -0.240. The third-order valence-corrected chi connectivity index (χ3v) is 2.87. The summed E-state index contributed by atoms with van der Waals surface area (Å²) in [5.41, 5.74) is 0.315. The van der Waals surface area contributed by atoms with Crippen molar-refractivity contribution in [1.82, 2.24) is 5.32 Å². The quantitative estimate of drug-likeness (QED) is 0.406. The van der Waals surface area contributed by atoms with Crippen LogP contribution < -0.4 is 5.32 Å². The summed E-state index contributed by atoms with van der Waals surface area (Å²) >= 11 is 0. The lowest BCUT2D eigenvalue weighted by atomic mass is 9.97. The Morgan fingerprint density at radius 1 is 0.667 bits per heavy atom. The van der Waals surface area contributed by atoms with E-state index in [0.29, 0.717) is 64.9 Å². The second kappa shape index (κ2) is 16.2. The summed E-state index contributed by atoms with van der Waals surface area (Å²) in [5.74, 6) is 0. The van der Waals surface area contributed by atoms with E-state index in [1.807, 2.05) is 13.8 Å². The normalized spacial score (nSPS) is 12.2. The number of hydrogen-bond acceptors (Lipinski definition) is 6. The maximum Gasteiger partial charge on any atom is 0.0703 e. The minimum atomic E-state index is 0.255. The van der Waals surface area contributed by atoms with Crippen LogP contribution in [-0.4, -0.2) is 78.7 Å². The molecule has 6 heteroatoms. The standard InChI is InChI=1S/C18H39NO5/c1-17(2)24-15-14-23-13-12-22-11-10-21-9-8-20-7-6-19-16-18(3,4)5/h17,19H,6-16H2,1-5H3. The Kier molecular flexibility index (Phi) is 16.1. The Bertz CT molecular complexity index is 256. The van der Waals surface area contributed by atoms with E-state index in [-0.39, 0.29) is 6.10 Å².